The van der Waals surface area contributed by atoms with Gasteiger partial charge in [-0.3, -0.25) is 4.90 Å². The zero-order valence-electron chi connectivity index (χ0n) is 11.0. The lowest BCUT2D eigenvalue weighted by Crippen LogP contribution is -2.43. The second-order valence-corrected chi connectivity index (χ2v) is 4.84. The molecule has 1 unspecified atom stereocenters. The summed E-state index contributed by atoms with van der Waals surface area (Å²) < 4.78 is 5.69. The first-order chi connectivity index (χ1) is 9.13. The van der Waals surface area contributed by atoms with E-state index in [2.05, 4.69) is 0 Å². The summed E-state index contributed by atoms with van der Waals surface area (Å²) in [4.78, 5) is 13.6. The largest absolute Gasteiger partial charge is 0.433 e. The number of ether oxygens (including phenoxy) is 1. The summed E-state index contributed by atoms with van der Waals surface area (Å²) in [6, 6.07) is 17.7. The van der Waals surface area contributed by atoms with Crippen molar-refractivity contribution in [3.63, 3.8) is 0 Å². The molecule has 3 heteroatoms. The molecule has 0 spiro atoms. The van der Waals surface area contributed by atoms with Gasteiger partial charge in [-0.25, -0.2) is 4.79 Å². The van der Waals surface area contributed by atoms with Crippen molar-refractivity contribution in [1.29, 1.82) is 0 Å². The number of amides is 1. The van der Waals surface area contributed by atoms with E-state index in [1.807, 2.05) is 61.5 Å². The molecule has 0 N–H and O–H groups in total. The van der Waals surface area contributed by atoms with Gasteiger partial charge in [0.15, 0.2) is 5.60 Å². The molecule has 0 aromatic heterocycles. The predicted molar refractivity (Wildman–Crippen MR) is 74.2 cm³/mol. The SMILES string of the molecule is CN1C(=O)OC(C)(c2ccccc2)c2ccccc21. The summed E-state index contributed by atoms with van der Waals surface area (Å²) in [5, 5.41) is 0. The smallest absolute Gasteiger partial charge is 0.415 e. The first-order valence-electron chi connectivity index (χ1n) is 6.24. The number of para-hydroxylation sites is 1. The normalized spacial score (nSPS) is 21.8. The van der Waals surface area contributed by atoms with Gasteiger partial charge in [-0.15, -0.1) is 0 Å². The fraction of sp³-hybridized carbons (Fsp3) is 0.188. The topological polar surface area (TPSA) is 29.5 Å². The Labute approximate surface area is 112 Å². The van der Waals surface area contributed by atoms with E-state index >= 15 is 0 Å². The number of carbonyl (C=O) groups excluding carboxylic acids is 1. The summed E-state index contributed by atoms with van der Waals surface area (Å²) in [6.45, 7) is 1.94. The molecule has 1 amide bonds. The van der Waals surface area contributed by atoms with Gasteiger partial charge in [0, 0.05) is 12.6 Å². The predicted octanol–water partition coefficient (Wildman–Crippen LogP) is 3.54. The van der Waals surface area contributed by atoms with Gasteiger partial charge in [-0.1, -0.05) is 48.5 Å². The Hall–Kier alpha value is -2.29. The maximum atomic E-state index is 12.0. The van der Waals surface area contributed by atoms with Crippen LogP contribution in [0.3, 0.4) is 0 Å². The van der Waals surface area contributed by atoms with Crippen LogP contribution in [-0.4, -0.2) is 13.1 Å². The second-order valence-electron chi connectivity index (χ2n) is 4.84. The van der Waals surface area contributed by atoms with Crippen molar-refractivity contribution in [3.05, 3.63) is 65.7 Å². The maximum Gasteiger partial charge on any atom is 0.415 e. The van der Waals surface area contributed by atoms with Gasteiger partial charge < -0.3 is 4.74 Å². The minimum atomic E-state index is -0.735. The van der Waals surface area contributed by atoms with E-state index in [0.29, 0.717) is 0 Å². The molecule has 1 heterocycles. The van der Waals surface area contributed by atoms with Crippen LogP contribution in [0.5, 0.6) is 0 Å². The Morgan fingerprint density at radius 3 is 2.37 bits per heavy atom. The van der Waals surface area contributed by atoms with Gasteiger partial charge >= 0.3 is 6.09 Å². The van der Waals surface area contributed by atoms with Crippen molar-refractivity contribution in [1.82, 2.24) is 0 Å². The molecule has 0 saturated heterocycles. The van der Waals surface area contributed by atoms with Crippen LogP contribution in [-0.2, 0) is 10.3 Å². The van der Waals surface area contributed by atoms with Crippen molar-refractivity contribution < 1.29 is 9.53 Å². The van der Waals surface area contributed by atoms with E-state index in [1.54, 1.807) is 11.9 Å². The van der Waals surface area contributed by atoms with Crippen molar-refractivity contribution in [2.24, 2.45) is 0 Å². The average molecular weight is 253 g/mol. The molecule has 96 valence electrons. The van der Waals surface area contributed by atoms with Crippen LogP contribution in [0.15, 0.2) is 54.6 Å². The Bertz CT molecular complexity index is 624. The second kappa shape index (κ2) is 4.12. The molecule has 2 aromatic carbocycles. The molecule has 0 aliphatic carbocycles. The molecule has 0 saturated carbocycles. The molecule has 19 heavy (non-hydrogen) atoms. The molecule has 3 nitrogen and oxygen atoms in total. The number of benzene rings is 2. The van der Waals surface area contributed by atoms with Crippen molar-refractivity contribution in [3.8, 4) is 0 Å². The number of hydrogen-bond acceptors (Lipinski definition) is 2. The van der Waals surface area contributed by atoms with E-state index in [9.17, 15) is 4.79 Å². The average Bonchev–Trinajstić information content (AvgIpc) is 2.46. The van der Waals surface area contributed by atoms with Crippen LogP contribution < -0.4 is 4.90 Å². The van der Waals surface area contributed by atoms with E-state index in [0.717, 1.165) is 16.8 Å². The van der Waals surface area contributed by atoms with Crippen molar-refractivity contribution in [2.45, 2.75) is 12.5 Å². The molecule has 1 aliphatic rings. The van der Waals surface area contributed by atoms with Gasteiger partial charge in [0.2, 0.25) is 0 Å². The van der Waals surface area contributed by atoms with Crippen molar-refractivity contribution in [2.75, 3.05) is 11.9 Å². The molecule has 0 fully saturated rings. The standard InChI is InChI=1S/C16H15NO2/c1-16(12-8-4-3-5-9-12)13-10-6-7-11-14(13)17(2)15(18)19-16/h3-11H,1-2H3. The zero-order chi connectivity index (χ0) is 13.5. The molecule has 1 atom stereocenters. The Kier molecular flexibility index (Phi) is 2.56. The summed E-state index contributed by atoms with van der Waals surface area (Å²) in [5.74, 6) is 0. The van der Waals surface area contributed by atoms with Crippen LogP contribution in [0.25, 0.3) is 0 Å². The highest BCUT2D eigenvalue weighted by Gasteiger charge is 2.41. The fourth-order valence-electron chi connectivity index (χ4n) is 2.54. The highest BCUT2D eigenvalue weighted by atomic mass is 16.6. The maximum absolute atomic E-state index is 12.0. The van der Waals surface area contributed by atoms with E-state index in [4.69, 9.17) is 4.74 Å². The third kappa shape index (κ3) is 1.70. The number of rotatable bonds is 1. The molecule has 0 radical (unpaired) electrons. The Balaban J connectivity index is 2.23. The summed E-state index contributed by atoms with van der Waals surface area (Å²) in [5.41, 5.74) is 2.14. The first-order valence-corrected chi connectivity index (χ1v) is 6.24. The fourth-order valence-corrected chi connectivity index (χ4v) is 2.54. The third-order valence-electron chi connectivity index (χ3n) is 3.67. The van der Waals surface area contributed by atoms with Crippen LogP contribution >= 0.6 is 0 Å². The van der Waals surface area contributed by atoms with Gasteiger partial charge in [0.1, 0.15) is 0 Å². The van der Waals surface area contributed by atoms with E-state index in [1.165, 1.54) is 0 Å². The summed E-state index contributed by atoms with van der Waals surface area (Å²) in [6.07, 6.45) is -0.329. The molecule has 3 rings (SSSR count). The molecule has 2 aromatic rings. The number of carbonyl (C=O) groups is 1. The lowest BCUT2D eigenvalue weighted by molar-refractivity contribution is 0.0523. The Morgan fingerprint density at radius 2 is 1.63 bits per heavy atom. The number of hydrogen-bond donors (Lipinski definition) is 0. The Morgan fingerprint density at radius 1 is 1.00 bits per heavy atom. The highest BCUT2D eigenvalue weighted by Crippen LogP contribution is 2.42. The first kappa shape index (κ1) is 11.8. The minimum absolute atomic E-state index is 0.329. The monoisotopic (exact) mass is 253 g/mol. The molecular weight excluding hydrogens is 238 g/mol. The van der Waals surface area contributed by atoms with Gasteiger partial charge in [-0.2, -0.15) is 0 Å². The van der Waals surface area contributed by atoms with E-state index in [-0.39, 0.29) is 6.09 Å². The lowest BCUT2D eigenvalue weighted by atomic mass is 9.85. The van der Waals surface area contributed by atoms with Crippen LogP contribution in [0.4, 0.5) is 10.5 Å². The van der Waals surface area contributed by atoms with Crippen molar-refractivity contribution >= 4 is 11.8 Å². The number of nitrogens with zero attached hydrogens (tertiary/aromatic N) is 1. The van der Waals surface area contributed by atoms with Gasteiger partial charge in [0.25, 0.3) is 0 Å². The van der Waals surface area contributed by atoms with Crippen LogP contribution in [0.1, 0.15) is 18.1 Å². The van der Waals surface area contributed by atoms with Crippen LogP contribution in [0, 0.1) is 0 Å². The van der Waals surface area contributed by atoms with E-state index < -0.39 is 5.60 Å². The molecule has 1 aliphatic heterocycles. The highest BCUT2D eigenvalue weighted by molar-refractivity contribution is 5.91. The molecule has 0 bridgehead atoms. The molecular formula is C16H15NO2. The third-order valence-corrected chi connectivity index (χ3v) is 3.67. The zero-order valence-corrected chi connectivity index (χ0v) is 11.0. The lowest BCUT2D eigenvalue weighted by Gasteiger charge is -2.39. The summed E-state index contributed by atoms with van der Waals surface area (Å²) in [7, 11) is 1.73. The quantitative estimate of drug-likeness (QED) is 0.778. The number of cyclic esters (lactones) is 1. The summed E-state index contributed by atoms with van der Waals surface area (Å²) >= 11 is 0. The minimum Gasteiger partial charge on any atom is -0.433 e. The van der Waals surface area contributed by atoms with Crippen LogP contribution in [0.2, 0.25) is 0 Å². The number of fused-ring (bicyclic) bond motifs is 1. The van der Waals surface area contributed by atoms with Gasteiger partial charge in [0.05, 0.1) is 5.69 Å². The number of anilines is 1. The van der Waals surface area contributed by atoms with Gasteiger partial charge in [-0.05, 0) is 18.6 Å².